The lowest BCUT2D eigenvalue weighted by Crippen LogP contribution is -1.96. The molecule has 0 fully saturated rings. The number of nitrogens with zero attached hydrogens (tertiary/aromatic N) is 2. The molecule has 7 rings (SSSR count). The molecule has 48 heavy (non-hydrogen) atoms. The molecular weight excluding hydrogens is 581 g/mol. The first kappa shape index (κ1) is 32.1. The van der Waals surface area contributed by atoms with Crippen molar-refractivity contribution < 1.29 is 0 Å². The van der Waals surface area contributed by atoms with Gasteiger partial charge in [0.1, 0.15) is 0 Å². The first-order valence-corrected chi connectivity index (χ1v) is 16.6. The summed E-state index contributed by atoms with van der Waals surface area (Å²) in [7, 11) is 0. The number of allylic oxidation sites excluding steroid dienone is 6. The maximum absolute atomic E-state index is 4.18. The Morgan fingerprint density at radius 3 is 1.56 bits per heavy atom. The molecule has 0 saturated carbocycles. The first-order valence-electron chi connectivity index (χ1n) is 16.6. The molecule has 2 aromatic heterocycles. The zero-order valence-electron chi connectivity index (χ0n) is 28.3. The fourth-order valence-corrected chi connectivity index (χ4v) is 6.56. The Morgan fingerprint density at radius 2 is 1.04 bits per heavy atom. The standard InChI is InChI=1S/C42H34N2.C4H8/c1-5-15-29(6-2)30-20-23-41-37(26-30)38-28-32(22-25-42(38)44(41)34-18-13-10-14-19-34)31-21-24-40-36(27-31)35(7-3)39(8-4)43(40)33-16-11-9-12-17-33;1-3-4-2/h5-28H,3-4H2,1-2H3;3-4H,1-2H3/b15-5-,29-6+;4-3-. The van der Waals surface area contributed by atoms with Crippen molar-refractivity contribution in [3.05, 3.63) is 176 Å². The molecule has 0 spiro atoms. The number of hydrogen-bond acceptors (Lipinski definition) is 0. The molecule has 2 heteroatoms. The van der Waals surface area contributed by atoms with Gasteiger partial charge < -0.3 is 9.13 Å². The lowest BCUT2D eigenvalue weighted by atomic mass is 9.98. The van der Waals surface area contributed by atoms with Gasteiger partial charge in [0, 0.05) is 33.1 Å². The van der Waals surface area contributed by atoms with E-state index in [1.54, 1.807) is 0 Å². The van der Waals surface area contributed by atoms with E-state index in [-0.39, 0.29) is 0 Å². The van der Waals surface area contributed by atoms with E-state index in [1.165, 1.54) is 44.1 Å². The van der Waals surface area contributed by atoms with Crippen LogP contribution in [0.2, 0.25) is 0 Å². The van der Waals surface area contributed by atoms with Gasteiger partial charge in [0.15, 0.2) is 0 Å². The van der Waals surface area contributed by atoms with Gasteiger partial charge in [0.25, 0.3) is 0 Å². The molecule has 0 aliphatic heterocycles. The predicted molar refractivity (Wildman–Crippen MR) is 212 cm³/mol. The smallest absolute Gasteiger partial charge is 0.0541 e. The summed E-state index contributed by atoms with van der Waals surface area (Å²) in [5, 5.41) is 3.63. The Kier molecular flexibility index (Phi) is 9.55. The summed E-state index contributed by atoms with van der Waals surface area (Å²) in [4.78, 5) is 0. The van der Waals surface area contributed by atoms with Crippen molar-refractivity contribution in [3.63, 3.8) is 0 Å². The fraction of sp³-hybridized carbons (Fsp3) is 0.0870. The highest BCUT2D eigenvalue weighted by Crippen LogP contribution is 2.38. The Bertz CT molecular complexity index is 2330. The van der Waals surface area contributed by atoms with Gasteiger partial charge in [0.2, 0.25) is 0 Å². The van der Waals surface area contributed by atoms with Crippen LogP contribution in [-0.2, 0) is 0 Å². The molecule has 0 radical (unpaired) electrons. The second-order valence-electron chi connectivity index (χ2n) is 11.7. The molecule has 0 aliphatic rings. The molecule has 0 saturated heterocycles. The van der Waals surface area contributed by atoms with Gasteiger partial charge >= 0.3 is 0 Å². The molecule has 0 bridgehead atoms. The van der Waals surface area contributed by atoms with Crippen molar-refractivity contribution in [1.29, 1.82) is 0 Å². The molecule has 2 heterocycles. The highest BCUT2D eigenvalue weighted by atomic mass is 15.0. The summed E-state index contributed by atoms with van der Waals surface area (Å²) in [5.41, 5.74) is 12.7. The van der Waals surface area contributed by atoms with E-state index in [2.05, 4.69) is 164 Å². The second-order valence-corrected chi connectivity index (χ2v) is 11.7. The molecule has 5 aromatic carbocycles. The molecule has 0 aliphatic carbocycles. The van der Waals surface area contributed by atoms with Crippen LogP contribution >= 0.6 is 0 Å². The van der Waals surface area contributed by atoms with Gasteiger partial charge in [-0.1, -0.05) is 104 Å². The Balaban J connectivity index is 0.000000952. The largest absolute Gasteiger partial charge is 0.309 e. The minimum absolute atomic E-state index is 1.05. The van der Waals surface area contributed by atoms with E-state index >= 15 is 0 Å². The summed E-state index contributed by atoms with van der Waals surface area (Å²) < 4.78 is 4.64. The lowest BCUT2D eigenvalue weighted by Gasteiger charge is -2.10. The lowest BCUT2D eigenvalue weighted by molar-refractivity contribution is 1.11. The normalized spacial score (nSPS) is 11.9. The van der Waals surface area contributed by atoms with Crippen molar-refractivity contribution in [3.8, 4) is 22.5 Å². The second kappa shape index (κ2) is 14.3. The Labute approximate surface area is 284 Å². The van der Waals surface area contributed by atoms with Crippen molar-refractivity contribution in [2.24, 2.45) is 0 Å². The average Bonchev–Trinajstić information content (AvgIpc) is 3.65. The van der Waals surface area contributed by atoms with Crippen molar-refractivity contribution >= 4 is 50.4 Å². The summed E-state index contributed by atoms with van der Waals surface area (Å²) in [6.07, 6.45) is 14.3. The van der Waals surface area contributed by atoms with Crippen molar-refractivity contribution in [2.75, 3.05) is 0 Å². The van der Waals surface area contributed by atoms with Crippen LogP contribution in [0.1, 0.15) is 44.5 Å². The number of aromatic nitrogens is 2. The highest BCUT2D eigenvalue weighted by Gasteiger charge is 2.17. The number of rotatable bonds is 7. The van der Waals surface area contributed by atoms with Gasteiger partial charge in [-0.3, -0.25) is 0 Å². The maximum Gasteiger partial charge on any atom is 0.0541 e. The van der Waals surface area contributed by atoms with Crippen LogP contribution in [0.4, 0.5) is 0 Å². The number of hydrogen-bond donors (Lipinski definition) is 0. The molecule has 0 N–H and O–H groups in total. The fourth-order valence-electron chi connectivity index (χ4n) is 6.56. The predicted octanol–water partition coefficient (Wildman–Crippen LogP) is 13.2. The Hall–Kier alpha value is -5.86. The maximum atomic E-state index is 4.18. The molecular formula is C46H42N2. The Morgan fingerprint density at radius 1 is 0.521 bits per heavy atom. The zero-order chi connectivity index (χ0) is 33.6. The third-order valence-corrected chi connectivity index (χ3v) is 8.89. The first-order chi connectivity index (χ1) is 23.6. The van der Waals surface area contributed by atoms with E-state index < -0.39 is 0 Å². The third-order valence-electron chi connectivity index (χ3n) is 8.89. The quantitative estimate of drug-likeness (QED) is 0.124. The minimum atomic E-state index is 1.05. The molecule has 0 unspecified atom stereocenters. The summed E-state index contributed by atoms with van der Waals surface area (Å²) >= 11 is 0. The molecule has 236 valence electrons. The molecule has 2 nitrogen and oxygen atoms in total. The van der Waals surface area contributed by atoms with Crippen LogP contribution in [0.3, 0.4) is 0 Å². The number of benzene rings is 5. The minimum Gasteiger partial charge on any atom is -0.309 e. The van der Waals surface area contributed by atoms with E-state index in [9.17, 15) is 0 Å². The van der Waals surface area contributed by atoms with E-state index in [0.29, 0.717) is 0 Å². The third kappa shape index (κ3) is 5.78. The van der Waals surface area contributed by atoms with E-state index in [1.807, 2.05) is 44.2 Å². The van der Waals surface area contributed by atoms with Crippen LogP contribution in [0.5, 0.6) is 0 Å². The summed E-state index contributed by atoms with van der Waals surface area (Å²) in [6.45, 7) is 16.5. The van der Waals surface area contributed by atoms with Gasteiger partial charge in [-0.2, -0.15) is 0 Å². The van der Waals surface area contributed by atoms with Crippen LogP contribution < -0.4 is 0 Å². The van der Waals surface area contributed by atoms with Crippen LogP contribution in [-0.4, -0.2) is 9.13 Å². The molecule has 0 atom stereocenters. The van der Waals surface area contributed by atoms with Crippen LogP contribution in [0.25, 0.3) is 72.9 Å². The number of fused-ring (bicyclic) bond motifs is 4. The van der Waals surface area contributed by atoms with Gasteiger partial charge in [-0.05, 0) is 117 Å². The zero-order valence-corrected chi connectivity index (χ0v) is 28.3. The van der Waals surface area contributed by atoms with E-state index in [0.717, 1.165) is 33.5 Å². The van der Waals surface area contributed by atoms with Gasteiger partial charge in [0.05, 0.1) is 22.2 Å². The van der Waals surface area contributed by atoms with Crippen LogP contribution in [0, 0.1) is 0 Å². The number of para-hydroxylation sites is 2. The van der Waals surface area contributed by atoms with Crippen molar-refractivity contribution in [2.45, 2.75) is 27.7 Å². The van der Waals surface area contributed by atoms with Gasteiger partial charge in [-0.25, -0.2) is 0 Å². The topological polar surface area (TPSA) is 9.86 Å². The highest BCUT2D eigenvalue weighted by molar-refractivity contribution is 6.11. The SMILES string of the molecule is C/C=C\C.C=Cc1c(C=C)n(-c2ccccc2)c2ccc(-c3ccc4c(c3)c3cc(C(/C=C\C)=C/C)ccc3n4-c3ccccc3)cc12. The average molecular weight is 623 g/mol. The summed E-state index contributed by atoms with van der Waals surface area (Å²) in [6, 6.07) is 41.5. The monoisotopic (exact) mass is 622 g/mol. The molecule has 7 aromatic rings. The van der Waals surface area contributed by atoms with E-state index in [4.69, 9.17) is 0 Å². The molecule has 0 amide bonds. The van der Waals surface area contributed by atoms with Crippen molar-refractivity contribution in [1.82, 2.24) is 9.13 Å². The van der Waals surface area contributed by atoms with Gasteiger partial charge in [-0.15, -0.1) is 0 Å². The van der Waals surface area contributed by atoms with Crippen LogP contribution in [0.15, 0.2) is 159 Å². The summed E-state index contributed by atoms with van der Waals surface area (Å²) in [5.74, 6) is 0.